The predicted octanol–water partition coefficient (Wildman–Crippen LogP) is 2.99. The number of anilines is 2. The molecule has 0 bridgehead atoms. The minimum atomic E-state index is -0.593. The molecule has 1 unspecified atom stereocenters. The predicted molar refractivity (Wildman–Crippen MR) is 74.8 cm³/mol. The van der Waals surface area contributed by atoms with Crippen molar-refractivity contribution < 1.29 is 8.78 Å². The molecule has 0 aliphatic rings. The Balaban J connectivity index is 2.19. The maximum absolute atomic E-state index is 13.7. The molecule has 1 atom stereocenters. The van der Waals surface area contributed by atoms with Gasteiger partial charge in [-0.15, -0.1) is 0 Å². The Kier molecular flexibility index (Phi) is 4.12. The van der Waals surface area contributed by atoms with E-state index in [0.717, 1.165) is 11.9 Å². The van der Waals surface area contributed by atoms with E-state index in [1.54, 1.807) is 19.2 Å². The summed E-state index contributed by atoms with van der Waals surface area (Å²) < 4.78 is 26.6. The molecule has 4 nitrogen and oxygen atoms in total. The van der Waals surface area contributed by atoms with Crippen LogP contribution in [-0.2, 0) is 0 Å². The summed E-state index contributed by atoms with van der Waals surface area (Å²) in [6, 6.07) is 4.91. The molecule has 106 valence electrons. The van der Waals surface area contributed by atoms with Gasteiger partial charge in [0.1, 0.15) is 17.5 Å². The second kappa shape index (κ2) is 5.81. The van der Waals surface area contributed by atoms with Crippen LogP contribution in [0.5, 0.6) is 0 Å². The van der Waals surface area contributed by atoms with Gasteiger partial charge in [0, 0.05) is 31.9 Å². The molecule has 2 rings (SSSR count). The first-order chi connectivity index (χ1) is 9.47. The Morgan fingerprint density at radius 3 is 2.60 bits per heavy atom. The Hall–Kier alpha value is -2.24. The summed E-state index contributed by atoms with van der Waals surface area (Å²) in [6.07, 6.45) is 1.62. The largest absolute Gasteiger partial charge is 0.363 e. The molecule has 0 amide bonds. The third-order valence-electron chi connectivity index (χ3n) is 2.87. The van der Waals surface area contributed by atoms with Crippen LogP contribution in [0.3, 0.4) is 0 Å². The SMILES string of the molecule is CC(Nc1nccc(N(C)C)n1)c1ccc(F)cc1F. The smallest absolute Gasteiger partial charge is 0.225 e. The normalized spacial score (nSPS) is 12.1. The Morgan fingerprint density at radius 2 is 1.95 bits per heavy atom. The average Bonchev–Trinajstić information content (AvgIpc) is 2.38. The summed E-state index contributed by atoms with van der Waals surface area (Å²) in [5.41, 5.74) is 0.366. The van der Waals surface area contributed by atoms with E-state index in [4.69, 9.17) is 0 Å². The summed E-state index contributed by atoms with van der Waals surface area (Å²) >= 11 is 0. The second-order valence-corrected chi connectivity index (χ2v) is 4.66. The Bertz CT molecular complexity index is 601. The van der Waals surface area contributed by atoms with Crippen molar-refractivity contribution in [2.45, 2.75) is 13.0 Å². The third kappa shape index (κ3) is 3.20. The monoisotopic (exact) mass is 278 g/mol. The summed E-state index contributed by atoms with van der Waals surface area (Å²) in [5, 5.41) is 3.00. The van der Waals surface area contributed by atoms with Gasteiger partial charge in [-0.05, 0) is 19.1 Å². The third-order valence-corrected chi connectivity index (χ3v) is 2.87. The van der Waals surface area contributed by atoms with Gasteiger partial charge in [0.15, 0.2) is 0 Å². The van der Waals surface area contributed by atoms with Gasteiger partial charge in [0.25, 0.3) is 0 Å². The minimum Gasteiger partial charge on any atom is -0.363 e. The van der Waals surface area contributed by atoms with Crippen LogP contribution < -0.4 is 10.2 Å². The average molecular weight is 278 g/mol. The van der Waals surface area contributed by atoms with E-state index < -0.39 is 11.6 Å². The van der Waals surface area contributed by atoms with E-state index in [1.165, 1.54) is 12.1 Å². The van der Waals surface area contributed by atoms with Crippen LogP contribution in [0.1, 0.15) is 18.5 Å². The number of aromatic nitrogens is 2. The van der Waals surface area contributed by atoms with Crippen molar-refractivity contribution in [3.05, 3.63) is 47.7 Å². The van der Waals surface area contributed by atoms with E-state index in [0.29, 0.717) is 11.5 Å². The first-order valence-corrected chi connectivity index (χ1v) is 6.19. The number of nitrogens with zero attached hydrogens (tertiary/aromatic N) is 3. The molecule has 2 aromatic rings. The molecule has 1 N–H and O–H groups in total. The number of halogens is 2. The van der Waals surface area contributed by atoms with Crippen LogP contribution >= 0.6 is 0 Å². The maximum atomic E-state index is 13.7. The molecular formula is C14H16F2N4. The van der Waals surface area contributed by atoms with E-state index in [9.17, 15) is 8.78 Å². The van der Waals surface area contributed by atoms with Crippen molar-refractivity contribution in [2.75, 3.05) is 24.3 Å². The second-order valence-electron chi connectivity index (χ2n) is 4.66. The first-order valence-electron chi connectivity index (χ1n) is 6.19. The van der Waals surface area contributed by atoms with Crippen LogP contribution in [0.25, 0.3) is 0 Å². The van der Waals surface area contributed by atoms with Gasteiger partial charge in [0.05, 0.1) is 6.04 Å². The van der Waals surface area contributed by atoms with E-state index in [-0.39, 0.29) is 6.04 Å². The van der Waals surface area contributed by atoms with Crippen LogP contribution in [0.15, 0.2) is 30.5 Å². The maximum Gasteiger partial charge on any atom is 0.225 e. The molecule has 0 fully saturated rings. The Labute approximate surface area is 116 Å². The molecule has 6 heteroatoms. The van der Waals surface area contributed by atoms with Gasteiger partial charge in [-0.3, -0.25) is 0 Å². The highest BCUT2D eigenvalue weighted by Gasteiger charge is 2.13. The van der Waals surface area contributed by atoms with Crippen molar-refractivity contribution in [1.82, 2.24) is 9.97 Å². The fourth-order valence-electron chi connectivity index (χ4n) is 1.79. The van der Waals surface area contributed by atoms with Crippen LogP contribution in [-0.4, -0.2) is 24.1 Å². The van der Waals surface area contributed by atoms with Crippen molar-refractivity contribution in [3.8, 4) is 0 Å². The van der Waals surface area contributed by atoms with Gasteiger partial charge in [-0.2, -0.15) is 4.98 Å². The lowest BCUT2D eigenvalue weighted by atomic mass is 10.1. The van der Waals surface area contributed by atoms with Crippen LogP contribution in [0.2, 0.25) is 0 Å². The summed E-state index contributed by atoms with van der Waals surface area (Å²) in [4.78, 5) is 10.2. The van der Waals surface area contributed by atoms with Gasteiger partial charge in [-0.1, -0.05) is 6.07 Å². The van der Waals surface area contributed by atoms with Gasteiger partial charge < -0.3 is 10.2 Å². The van der Waals surface area contributed by atoms with Gasteiger partial charge in [-0.25, -0.2) is 13.8 Å². The van der Waals surface area contributed by atoms with Crippen LogP contribution in [0.4, 0.5) is 20.5 Å². The molecule has 0 spiro atoms. The summed E-state index contributed by atoms with van der Waals surface area (Å²) in [5.74, 6) is -0.0419. The highest BCUT2D eigenvalue weighted by Crippen LogP contribution is 2.21. The number of rotatable bonds is 4. The Morgan fingerprint density at radius 1 is 1.20 bits per heavy atom. The zero-order valence-corrected chi connectivity index (χ0v) is 11.6. The summed E-state index contributed by atoms with van der Waals surface area (Å²) in [6.45, 7) is 1.77. The van der Waals surface area contributed by atoms with E-state index in [1.807, 2.05) is 19.0 Å². The molecule has 20 heavy (non-hydrogen) atoms. The zero-order chi connectivity index (χ0) is 14.7. The number of hydrogen-bond donors (Lipinski definition) is 1. The summed E-state index contributed by atoms with van der Waals surface area (Å²) in [7, 11) is 3.74. The lowest BCUT2D eigenvalue weighted by Gasteiger charge is -2.17. The number of benzene rings is 1. The molecule has 0 saturated carbocycles. The number of hydrogen-bond acceptors (Lipinski definition) is 4. The van der Waals surface area contributed by atoms with E-state index >= 15 is 0 Å². The van der Waals surface area contributed by atoms with Crippen molar-refractivity contribution >= 4 is 11.8 Å². The standard InChI is InChI=1S/C14H16F2N4/c1-9(11-5-4-10(15)8-12(11)16)18-14-17-7-6-13(19-14)20(2)3/h4-9H,1-3H3,(H,17,18,19). The quantitative estimate of drug-likeness (QED) is 0.933. The first kappa shape index (κ1) is 14.2. The molecule has 0 aliphatic carbocycles. The zero-order valence-electron chi connectivity index (χ0n) is 11.6. The topological polar surface area (TPSA) is 41.1 Å². The van der Waals surface area contributed by atoms with Gasteiger partial charge in [0.2, 0.25) is 5.95 Å². The molecule has 0 radical (unpaired) electrons. The highest BCUT2D eigenvalue weighted by molar-refractivity contribution is 5.42. The van der Waals surface area contributed by atoms with Crippen molar-refractivity contribution in [3.63, 3.8) is 0 Å². The molecule has 0 saturated heterocycles. The van der Waals surface area contributed by atoms with Crippen molar-refractivity contribution in [2.24, 2.45) is 0 Å². The molecule has 1 aromatic heterocycles. The molecule has 1 aromatic carbocycles. The molecule has 0 aliphatic heterocycles. The fourth-order valence-corrected chi connectivity index (χ4v) is 1.79. The minimum absolute atomic E-state index is 0.366. The lowest BCUT2D eigenvalue weighted by Crippen LogP contribution is -2.15. The van der Waals surface area contributed by atoms with Gasteiger partial charge >= 0.3 is 0 Å². The molecule has 1 heterocycles. The number of nitrogens with one attached hydrogen (secondary N) is 1. The fraction of sp³-hybridized carbons (Fsp3) is 0.286. The lowest BCUT2D eigenvalue weighted by molar-refractivity contribution is 0.566. The van der Waals surface area contributed by atoms with Crippen LogP contribution in [0, 0.1) is 11.6 Å². The highest BCUT2D eigenvalue weighted by atomic mass is 19.1. The van der Waals surface area contributed by atoms with E-state index in [2.05, 4.69) is 15.3 Å². The molecular weight excluding hydrogens is 262 g/mol. The van der Waals surface area contributed by atoms with Crippen molar-refractivity contribution in [1.29, 1.82) is 0 Å².